The van der Waals surface area contributed by atoms with E-state index >= 15 is 0 Å². The van der Waals surface area contributed by atoms with Crippen molar-refractivity contribution in [1.82, 2.24) is 0 Å². The van der Waals surface area contributed by atoms with E-state index in [4.69, 9.17) is 0 Å². The van der Waals surface area contributed by atoms with Gasteiger partial charge in [-0.25, -0.2) is 0 Å². The molecule has 0 aliphatic carbocycles. The Balaban J connectivity index is -0.0000000450. The second-order valence-corrected chi connectivity index (χ2v) is 1.00. The van der Waals surface area contributed by atoms with Gasteiger partial charge in [0.25, 0.3) is 0 Å². The van der Waals surface area contributed by atoms with Gasteiger partial charge in [0.15, 0.2) is 0 Å². The molecule has 0 radical (unpaired) electrons. The van der Waals surface area contributed by atoms with Gasteiger partial charge in [-0.2, -0.15) is 13.5 Å². The Morgan fingerprint density at radius 2 is 1.67 bits per heavy atom. The molecule has 0 saturated carbocycles. The molecule has 0 saturated heterocycles. The lowest BCUT2D eigenvalue weighted by Gasteiger charge is -1.52. The highest BCUT2D eigenvalue weighted by molar-refractivity contribution is 7.59. The first kappa shape index (κ1) is 16.3. The fourth-order valence-electron chi connectivity index (χ4n) is 0. The quantitative estimate of drug-likeness (QED) is 0.450. The molecule has 0 aromatic rings. The highest BCUT2D eigenvalue weighted by Gasteiger charge is 1.67. The standard InChI is InChI=1S/C2H3ClO.FH.H2S/c1-2(3)4;;/h1H3;1H;1H2. The predicted octanol–water partition coefficient (Wildman–Crippen LogP) is 1.04. The summed E-state index contributed by atoms with van der Waals surface area (Å²) in [4.78, 5) is 9.21. The van der Waals surface area contributed by atoms with Crippen LogP contribution in [0.4, 0.5) is 4.70 Å². The lowest BCUT2D eigenvalue weighted by Crippen LogP contribution is -1.62. The third kappa shape index (κ3) is 773. The number of carbonyl (C=O) groups is 1. The van der Waals surface area contributed by atoms with Crippen LogP contribution in [0.1, 0.15) is 6.92 Å². The van der Waals surface area contributed by atoms with E-state index in [1.165, 1.54) is 6.92 Å². The van der Waals surface area contributed by atoms with Crippen molar-refractivity contribution in [3.63, 3.8) is 0 Å². The minimum atomic E-state index is -0.361. The summed E-state index contributed by atoms with van der Waals surface area (Å²) in [6, 6.07) is 0. The molecule has 0 unspecified atom stereocenters. The van der Waals surface area contributed by atoms with E-state index in [0.29, 0.717) is 0 Å². The largest absolute Gasteiger partial charge is 0.282 e. The van der Waals surface area contributed by atoms with E-state index in [1.807, 2.05) is 0 Å². The summed E-state index contributed by atoms with van der Waals surface area (Å²) in [7, 11) is 0. The number of hydrogen-bond donors (Lipinski definition) is 0. The van der Waals surface area contributed by atoms with Gasteiger partial charge in [-0.05, 0) is 11.6 Å². The zero-order valence-electron chi connectivity index (χ0n) is 3.19. The van der Waals surface area contributed by atoms with Crippen molar-refractivity contribution < 1.29 is 9.50 Å². The first-order valence-corrected chi connectivity index (χ1v) is 1.27. The predicted molar refractivity (Wildman–Crippen MR) is 29.4 cm³/mol. The first-order valence-electron chi connectivity index (χ1n) is 0.893. The average Bonchev–Trinajstić information content (AvgIpc) is 0.811. The molecule has 0 aromatic heterocycles. The summed E-state index contributed by atoms with van der Waals surface area (Å²) in [6.07, 6.45) is 0. The molecule has 0 aliphatic heterocycles. The molecule has 40 valence electrons. The van der Waals surface area contributed by atoms with Gasteiger partial charge in [0.05, 0.1) is 0 Å². The summed E-state index contributed by atoms with van der Waals surface area (Å²) >= 11 is 4.64. The van der Waals surface area contributed by atoms with Gasteiger partial charge < -0.3 is 0 Å². The van der Waals surface area contributed by atoms with Crippen LogP contribution in [-0.2, 0) is 4.79 Å². The zero-order valence-corrected chi connectivity index (χ0v) is 4.95. The third-order valence-corrected chi connectivity index (χ3v) is 0. The second-order valence-electron chi connectivity index (χ2n) is 0.470. The molecule has 0 spiro atoms. The monoisotopic (exact) mass is 132 g/mol. The van der Waals surface area contributed by atoms with Crippen LogP contribution in [0.2, 0.25) is 0 Å². The Morgan fingerprint density at radius 3 is 1.67 bits per heavy atom. The molecule has 1 nitrogen and oxygen atoms in total. The fraction of sp³-hybridized carbons (Fsp3) is 0.500. The summed E-state index contributed by atoms with van der Waals surface area (Å²) in [5.74, 6) is 0. The number of carbonyl (C=O) groups excluding carboxylic acids is 1. The fourth-order valence-corrected chi connectivity index (χ4v) is 0. The van der Waals surface area contributed by atoms with Crippen LogP contribution in [-0.4, -0.2) is 5.24 Å². The second kappa shape index (κ2) is 8.97. The lowest BCUT2D eigenvalue weighted by atomic mass is 10.9. The van der Waals surface area contributed by atoms with Crippen molar-refractivity contribution in [3.8, 4) is 0 Å². The molecule has 0 bridgehead atoms. The van der Waals surface area contributed by atoms with E-state index in [0.717, 1.165) is 0 Å². The van der Waals surface area contributed by atoms with Crippen molar-refractivity contribution in [3.05, 3.63) is 0 Å². The highest BCUT2D eigenvalue weighted by Crippen LogP contribution is 1.67. The van der Waals surface area contributed by atoms with Crippen molar-refractivity contribution in [2.75, 3.05) is 0 Å². The molecule has 0 aromatic carbocycles. The van der Waals surface area contributed by atoms with E-state index < -0.39 is 0 Å². The molecule has 0 atom stereocenters. The van der Waals surface area contributed by atoms with Crippen LogP contribution < -0.4 is 0 Å². The van der Waals surface area contributed by atoms with Crippen LogP contribution in [0.15, 0.2) is 0 Å². The molecule has 0 heterocycles. The van der Waals surface area contributed by atoms with Crippen LogP contribution in [0.25, 0.3) is 0 Å². The summed E-state index contributed by atoms with van der Waals surface area (Å²) in [6.45, 7) is 1.29. The molecule has 0 rings (SSSR count). The third-order valence-electron chi connectivity index (χ3n) is 0. The Bertz CT molecular complexity index is 36.5. The van der Waals surface area contributed by atoms with Crippen molar-refractivity contribution in [2.45, 2.75) is 6.92 Å². The van der Waals surface area contributed by atoms with Crippen LogP contribution in [0.5, 0.6) is 0 Å². The van der Waals surface area contributed by atoms with Gasteiger partial charge in [-0.3, -0.25) is 9.50 Å². The minimum absolute atomic E-state index is 0. The van der Waals surface area contributed by atoms with Crippen molar-refractivity contribution in [2.24, 2.45) is 0 Å². The van der Waals surface area contributed by atoms with E-state index in [1.54, 1.807) is 0 Å². The molecule has 0 fully saturated rings. The Kier molecular flexibility index (Phi) is 24.4. The van der Waals surface area contributed by atoms with Gasteiger partial charge in [0.1, 0.15) is 0 Å². The molecule has 6 heavy (non-hydrogen) atoms. The normalized spacial score (nSPS) is 4.33. The smallest absolute Gasteiger partial charge is 0.218 e. The first-order chi connectivity index (χ1) is 1.73. The van der Waals surface area contributed by atoms with E-state index in [2.05, 4.69) is 11.6 Å². The Labute approximate surface area is 47.5 Å². The molecular weight excluding hydrogens is 127 g/mol. The minimum Gasteiger partial charge on any atom is -0.282 e. The molecular formula is C2H6ClFOS. The topological polar surface area (TPSA) is 17.1 Å². The van der Waals surface area contributed by atoms with Gasteiger partial charge >= 0.3 is 0 Å². The Hall–Kier alpha value is 0.240. The van der Waals surface area contributed by atoms with Gasteiger partial charge in [0.2, 0.25) is 5.24 Å². The maximum absolute atomic E-state index is 9.21. The van der Waals surface area contributed by atoms with E-state index in [-0.39, 0.29) is 23.4 Å². The molecule has 0 N–H and O–H groups in total. The number of rotatable bonds is 0. The van der Waals surface area contributed by atoms with Crippen LogP contribution in [0.3, 0.4) is 0 Å². The van der Waals surface area contributed by atoms with Gasteiger partial charge in [-0.15, -0.1) is 0 Å². The summed E-state index contributed by atoms with van der Waals surface area (Å²) in [5, 5.41) is -0.361. The SMILES string of the molecule is CC(=O)Cl.F.S. The number of hydrogen-bond acceptors (Lipinski definition) is 1. The van der Waals surface area contributed by atoms with E-state index in [9.17, 15) is 4.79 Å². The molecule has 4 heteroatoms. The summed E-state index contributed by atoms with van der Waals surface area (Å²) in [5.41, 5.74) is 0. The van der Waals surface area contributed by atoms with Crippen molar-refractivity contribution in [1.29, 1.82) is 0 Å². The van der Waals surface area contributed by atoms with Gasteiger partial charge in [-0.1, -0.05) is 0 Å². The maximum Gasteiger partial charge on any atom is 0.218 e. The Morgan fingerprint density at radius 1 is 1.67 bits per heavy atom. The van der Waals surface area contributed by atoms with Crippen LogP contribution in [0, 0.1) is 0 Å². The van der Waals surface area contributed by atoms with Crippen LogP contribution >= 0.6 is 25.1 Å². The lowest BCUT2D eigenvalue weighted by molar-refractivity contribution is -0.109. The average molecular weight is 133 g/mol. The highest BCUT2D eigenvalue weighted by atomic mass is 35.5. The van der Waals surface area contributed by atoms with Gasteiger partial charge in [0, 0.05) is 6.92 Å². The maximum atomic E-state index is 9.21. The molecule has 0 aliphatic rings. The zero-order chi connectivity index (χ0) is 3.58. The number of halogens is 2. The summed E-state index contributed by atoms with van der Waals surface area (Å²) < 4.78 is 0. The molecule has 0 amide bonds. The van der Waals surface area contributed by atoms with Crippen molar-refractivity contribution >= 4 is 30.3 Å².